The number of nitrogens with one attached hydrogen (secondary N) is 7. The molecular weight excluding hydrogens is 1760 g/mol. The van der Waals surface area contributed by atoms with Crippen molar-refractivity contribution >= 4 is 120 Å². The molecule has 53 heteroatoms. The monoisotopic (exact) mass is 1850 g/mol. The Balaban J connectivity index is 0.000000232. The summed E-state index contributed by atoms with van der Waals surface area (Å²) in [5, 5.41) is 57.8. The number of aromatic nitrogens is 17. The summed E-state index contributed by atoms with van der Waals surface area (Å²) in [7, 11) is -9.79. The van der Waals surface area contributed by atoms with Crippen LogP contribution in [0, 0.1) is 34.5 Å². The molecule has 4 amide bonds. The molecule has 9 aromatic heterocycles. The number of nitriles is 2. The summed E-state index contributed by atoms with van der Waals surface area (Å²) in [5.74, 6) is -3.17. The number of pyridine rings is 1. The minimum atomic E-state index is -4.93. The smallest absolute Gasteiger partial charge is 0.450 e. The van der Waals surface area contributed by atoms with Gasteiger partial charge in [0.05, 0.1) is 102 Å². The molecule has 4 aliphatic rings. The quantitative estimate of drug-likeness (QED) is 0.0107. The Morgan fingerprint density at radius 1 is 0.546 bits per heavy atom. The van der Waals surface area contributed by atoms with Gasteiger partial charge in [0.2, 0.25) is 23.7 Å². The van der Waals surface area contributed by atoms with Crippen LogP contribution in [0.2, 0.25) is 0 Å². The zero-order chi connectivity index (χ0) is 91.1. The molecule has 13 N–H and O–H groups in total. The van der Waals surface area contributed by atoms with Crippen LogP contribution in [0.15, 0.2) is 139 Å². The second-order valence-electron chi connectivity index (χ2n) is 28.9. The number of fused-ring (bicyclic) bond motifs is 4. The van der Waals surface area contributed by atoms with Gasteiger partial charge in [-0.1, -0.05) is 84.5 Å². The highest BCUT2D eigenvalue weighted by Crippen LogP contribution is 2.57. The molecule has 0 saturated carbocycles. The third kappa shape index (κ3) is 22.8. The molecule has 0 spiro atoms. The lowest BCUT2D eigenvalue weighted by Gasteiger charge is -2.26. The van der Waals surface area contributed by atoms with Crippen LogP contribution in [0.25, 0.3) is 44.7 Å². The first kappa shape index (κ1) is 97.2. The standard InChI is InChI=1S/C36H39FN11O12P.C35H37FN11O13P.C5H5N.CH4.H3N/c1-4-21-23(37)26(34(58-21)48-17-42-25-29(48)44-35(46-32(25)51)45-30(49)18(2)3)60-61(54,55-12-8-11-38)56-14-20-13-22(59-36(52)53)33(57-20)47-16-41-24-27(39-15-40-28(24)47)43-31(50)19-9-6-5-7-10-19;1-17(2)29(49)44-34-43-28-24(31(51)45-34)41-16-47(28)33-25(22(36)21(12-48)58-33)60-61(54,55-10-6-9-37)56-13-19-11-20(59-35(52)53)32(57-19)46-15-40-23-26(38-14-39-27(23)46)42-30(50)18-7-4-3-5-8-18;1-2-4-6-5-3-1;;/h5-7,9-10,15-18,20-23,26,33-34H,4,8,12-14H2,1-3H3,(H,52,53)(H,39,40,43,50)(H2,44,45,46,49,51);3-5,7-8,14-17,19-22,25,32-33,48H,6,10-13H2,1-2H3,(H,52,53)(H,38,39,42,50)(H2,43,44,45,49,51);1-5H;1H4;1H3/p+1/t20-,21+,22+,23+,26+,33+,34+,61?;19-,20+,21+,22+,25+,32+,33+,61?;;;/m00.../s1. The van der Waals surface area contributed by atoms with Gasteiger partial charge in [0.25, 0.3) is 22.9 Å². The largest absolute Gasteiger partial charge is 0.506 e. The molecule has 4 fully saturated rings. The Morgan fingerprint density at radius 3 is 1.29 bits per heavy atom. The van der Waals surface area contributed by atoms with Gasteiger partial charge < -0.3 is 60.5 Å². The number of halogens is 2. The van der Waals surface area contributed by atoms with Gasteiger partial charge in [-0.2, -0.15) is 20.5 Å². The number of phosphoric acid groups is 2. The Labute approximate surface area is 733 Å². The van der Waals surface area contributed by atoms with Crippen molar-refractivity contribution in [2.75, 3.05) is 54.3 Å². The maximum absolute atomic E-state index is 16.2. The first-order chi connectivity index (χ1) is 61.6. The van der Waals surface area contributed by atoms with Crippen LogP contribution >= 0.6 is 15.6 Å². The van der Waals surface area contributed by atoms with Gasteiger partial charge in [0, 0.05) is 47.9 Å². The van der Waals surface area contributed by atoms with E-state index >= 15 is 8.78 Å². The number of carbonyl (C=O) groups excluding carboxylic acids is 4. The fraction of sp³-hybridized carbons (Fsp3) is 0.416. The van der Waals surface area contributed by atoms with E-state index in [1.165, 1.54) is 32.7 Å². The summed E-state index contributed by atoms with van der Waals surface area (Å²) >= 11 is 0. The first-order valence-corrected chi connectivity index (χ1v) is 42.2. The van der Waals surface area contributed by atoms with E-state index in [0.29, 0.717) is 11.1 Å². The number of ether oxygens (including phenoxy) is 6. The predicted molar refractivity (Wildman–Crippen MR) is 444 cm³/mol. The normalized spacial score (nSPS) is 22.4. The van der Waals surface area contributed by atoms with E-state index in [2.05, 4.69) is 86.1 Å². The van der Waals surface area contributed by atoms with Gasteiger partial charge in [-0.25, -0.2) is 72.4 Å². The summed E-state index contributed by atoms with van der Waals surface area (Å²) < 4.78 is 134. The molecule has 13 heterocycles. The highest BCUT2D eigenvalue weighted by Gasteiger charge is 2.54. The minimum Gasteiger partial charge on any atom is -0.450 e. The fourth-order valence-corrected chi connectivity index (χ4v) is 16.2. The fourth-order valence-electron chi connectivity index (χ4n) is 13.4. The van der Waals surface area contributed by atoms with Crippen LogP contribution in [0.1, 0.15) is 120 Å². The lowest BCUT2D eigenvalue weighted by Crippen LogP contribution is -2.32. The third-order valence-electron chi connectivity index (χ3n) is 19.5. The van der Waals surface area contributed by atoms with Gasteiger partial charge in [0.15, 0.2) is 118 Å². The maximum atomic E-state index is 16.2. The lowest BCUT2D eigenvalue weighted by molar-refractivity contribution is -0.378. The number of aliphatic hydroxyl groups excluding tert-OH is 1. The number of carbonyl (C=O) groups is 6. The molecule has 690 valence electrons. The summed E-state index contributed by atoms with van der Waals surface area (Å²) in [6.07, 6.45) is -13.8. The highest BCUT2D eigenvalue weighted by atomic mass is 31.2. The average Bonchev–Trinajstić information content (AvgIpc) is 1.61. The molecule has 15 rings (SSSR count). The first-order valence-electron chi connectivity index (χ1n) is 39.3. The van der Waals surface area contributed by atoms with Crippen LogP contribution in [0.4, 0.5) is 41.9 Å². The molecule has 16 atom stereocenters. The molecule has 2 unspecified atom stereocenters. The second kappa shape index (κ2) is 43.6. The number of anilines is 4. The SMILES string of the molecule is C.CC(C)C(=O)Nc1nc2c(ncn2[C@@H]2O[C@H](CO)[C@@H](F)[C@H]2OP(=O)(OCCC#N)OC[C@@H]2C[C@@H](OC(=O)O)[C@H](n3cnc4c(NC(=O)c5ccccc5)ncnc43)O2)c(=O)[nH]1.CC[C@H]1O[C@@H](n2cnc3c(=O)[nH]c(NC(=O)C(C)C)nc32)[C@H](OP(=O)(OCCC#N)OC[C@@H]2C[C@@H](OC(=O)O)[C@H](n3cnc4c(NC(=O)c5ccccc5)ncnc43)O2)[C@@H]1F.N.c1cc[nH+]cc1. The van der Waals surface area contributed by atoms with E-state index in [0.717, 1.165) is 23.5 Å². The number of phosphoric ester groups is 2. The van der Waals surface area contributed by atoms with Gasteiger partial charge >= 0.3 is 28.0 Å². The molecule has 0 bridgehead atoms. The molecule has 0 radical (unpaired) electrons. The summed E-state index contributed by atoms with van der Waals surface area (Å²) in [6.45, 7) is 5.07. The van der Waals surface area contributed by atoms with Crippen molar-refractivity contribution in [1.82, 2.24) is 84.2 Å². The maximum Gasteiger partial charge on any atom is 0.506 e. The van der Waals surface area contributed by atoms with Crippen molar-refractivity contribution in [2.45, 2.75) is 160 Å². The number of rotatable bonds is 32. The van der Waals surface area contributed by atoms with Gasteiger partial charge in [0.1, 0.15) is 31.0 Å². The number of hydrogen-bond donors (Lipinski definition) is 10. The number of H-pyrrole nitrogens is 3. The van der Waals surface area contributed by atoms with E-state index < -0.39 is 194 Å². The highest BCUT2D eigenvalue weighted by molar-refractivity contribution is 7.48. The number of hydrogen-bond acceptors (Lipinski definition) is 36. The number of aromatic amines is 3. The molecule has 130 heavy (non-hydrogen) atoms. The van der Waals surface area contributed by atoms with Gasteiger partial charge in [-0.05, 0) is 30.7 Å². The molecule has 49 nitrogen and oxygen atoms in total. The molecule has 4 saturated heterocycles. The molecular formula is C77H89F2N24O25P2+. The second-order valence-corrected chi connectivity index (χ2v) is 32.2. The minimum absolute atomic E-state index is 0. The summed E-state index contributed by atoms with van der Waals surface area (Å²) in [4.78, 5) is 150. The number of carboxylic acid groups (broad SMARTS) is 2. The lowest BCUT2D eigenvalue weighted by atomic mass is 10.1. The zero-order valence-electron chi connectivity index (χ0n) is 68.8. The Morgan fingerprint density at radius 2 is 0.931 bits per heavy atom. The number of amides is 4. The summed E-state index contributed by atoms with van der Waals surface area (Å²) in [5.41, 5.74) is -0.987. The van der Waals surface area contributed by atoms with E-state index in [1.54, 1.807) is 95.3 Å². The molecule has 4 aliphatic heterocycles. The summed E-state index contributed by atoms with van der Waals surface area (Å²) in [6, 6.07) is 26.2. The number of aliphatic hydroxyl groups is 1. The Hall–Kier alpha value is -13.4. The van der Waals surface area contributed by atoms with Gasteiger partial charge in [-0.3, -0.25) is 94.8 Å². The molecule has 2 aromatic carbocycles. The van der Waals surface area contributed by atoms with Crippen molar-refractivity contribution in [3.8, 4) is 12.1 Å². The van der Waals surface area contributed by atoms with E-state index in [9.17, 15) is 68.1 Å². The van der Waals surface area contributed by atoms with Crippen molar-refractivity contribution in [3.63, 3.8) is 0 Å². The van der Waals surface area contributed by atoms with Crippen LogP contribution in [-0.2, 0) is 74.3 Å². The van der Waals surface area contributed by atoms with Crippen molar-refractivity contribution in [1.29, 1.82) is 10.5 Å². The van der Waals surface area contributed by atoms with E-state index in [-0.39, 0.29) is 114 Å². The Kier molecular flexibility index (Phi) is 32.6. The van der Waals surface area contributed by atoms with Crippen LogP contribution < -0.4 is 43.5 Å². The Bertz CT molecular complexity index is 5750. The van der Waals surface area contributed by atoms with Crippen LogP contribution in [0.5, 0.6) is 0 Å². The topological polar surface area (TPSA) is 667 Å². The molecule has 11 aromatic rings. The van der Waals surface area contributed by atoms with Crippen LogP contribution in [-0.4, -0.2) is 224 Å². The third-order valence-corrected chi connectivity index (χ3v) is 22.5. The number of imidazole rings is 4. The predicted octanol–water partition coefficient (Wildman–Crippen LogP) is 8.37. The number of benzene rings is 2. The van der Waals surface area contributed by atoms with E-state index in [1.807, 2.05) is 42.7 Å². The number of alkyl halides is 2. The van der Waals surface area contributed by atoms with E-state index in [4.69, 9.17) is 60.8 Å². The van der Waals surface area contributed by atoms with Crippen molar-refractivity contribution in [2.24, 2.45) is 11.8 Å². The zero-order valence-corrected chi connectivity index (χ0v) is 70.6. The number of nitrogens with zero attached hydrogens (tertiary/aromatic N) is 16. The molecule has 0 aliphatic carbocycles. The average molecular weight is 1850 g/mol. The van der Waals surface area contributed by atoms with Gasteiger partial charge in [-0.15, -0.1) is 0 Å². The van der Waals surface area contributed by atoms with Crippen molar-refractivity contribution in [3.05, 3.63) is 161 Å². The van der Waals surface area contributed by atoms with Crippen molar-refractivity contribution < 1.29 is 123 Å². The van der Waals surface area contributed by atoms with Crippen LogP contribution in [0.3, 0.4) is 0 Å².